The minimum atomic E-state index is 0.0839. The van der Waals surface area contributed by atoms with E-state index in [1.165, 1.54) is 19.8 Å². The van der Waals surface area contributed by atoms with Gasteiger partial charge in [-0.05, 0) is 62.7 Å². The number of aliphatic hydroxyl groups excluding tert-OH is 1. The Morgan fingerprint density at radius 1 is 1.31 bits per heavy atom. The summed E-state index contributed by atoms with van der Waals surface area (Å²) in [7, 11) is 0. The Bertz CT molecular complexity index is 479. The van der Waals surface area contributed by atoms with E-state index < -0.39 is 0 Å². The fourth-order valence-electron chi connectivity index (χ4n) is 1.13. The van der Waals surface area contributed by atoms with Crippen LogP contribution in [0.2, 0.25) is 0 Å². The van der Waals surface area contributed by atoms with Crippen molar-refractivity contribution in [3.63, 3.8) is 0 Å². The molecule has 0 spiro atoms. The number of rotatable bonds is 4. The fourth-order valence-corrected chi connectivity index (χ4v) is 4.60. The zero-order chi connectivity index (χ0) is 11.5. The zero-order valence-corrected chi connectivity index (χ0v) is 14.0. The minimum absolute atomic E-state index is 0.0839. The van der Waals surface area contributed by atoms with Gasteiger partial charge >= 0.3 is 0 Å². The van der Waals surface area contributed by atoms with Gasteiger partial charge in [0, 0.05) is 8.45 Å². The number of ether oxygens (including phenoxy) is 1. The average molecular weight is 478 g/mol. The van der Waals surface area contributed by atoms with Crippen LogP contribution in [-0.4, -0.2) is 5.11 Å². The van der Waals surface area contributed by atoms with E-state index in [1.807, 2.05) is 6.07 Å². The molecule has 0 atom stereocenters. The Kier molecular flexibility index (Phi) is 4.89. The van der Waals surface area contributed by atoms with Crippen molar-refractivity contribution < 1.29 is 9.84 Å². The molecule has 16 heavy (non-hydrogen) atoms. The smallest absolute Gasteiger partial charge is 0.188 e. The second kappa shape index (κ2) is 5.98. The van der Waals surface area contributed by atoms with E-state index in [9.17, 15) is 0 Å². The van der Waals surface area contributed by atoms with Crippen LogP contribution in [-0.2, 0) is 13.2 Å². The van der Waals surface area contributed by atoms with Crippen LogP contribution in [0.5, 0.6) is 5.06 Å². The molecule has 0 amide bonds. The molecule has 0 radical (unpaired) electrons. The van der Waals surface area contributed by atoms with Crippen LogP contribution in [0.25, 0.3) is 0 Å². The van der Waals surface area contributed by atoms with Crippen molar-refractivity contribution in [3.8, 4) is 5.06 Å². The molecule has 1 N–H and O–H groups in total. The monoisotopic (exact) mass is 478 g/mol. The Hall–Kier alpha value is 0.620. The van der Waals surface area contributed by atoms with Gasteiger partial charge in [-0.3, -0.25) is 0 Å². The predicted octanol–water partition coefficient (Wildman–Crippen LogP) is 4.09. The number of hydrogen-bond donors (Lipinski definition) is 1. The largest absolute Gasteiger partial charge is 0.477 e. The molecule has 6 heteroatoms. The molecule has 0 bridgehead atoms. The van der Waals surface area contributed by atoms with Gasteiger partial charge in [-0.2, -0.15) is 0 Å². The van der Waals surface area contributed by atoms with Crippen molar-refractivity contribution in [2.24, 2.45) is 0 Å². The summed E-state index contributed by atoms with van der Waals surface area (Å²) in [6, 6.07) is 4.04. The van der Waals surface area contributed by atoms with E-state index >= 15 is 0 Å². The lowest BCUT2D eigenvalue weighted by Crippen LogP contribution is -1.93. The van der Waals surface area contributed by atoms with Crippen LogP contribution in [0.3, 0.4) is 0 Å². The summed E-state index contributed by atoms with van der Waals surface area (Å²) in [4.78, 5) is 2.19. The topological polar surface area (TPSA) is 29.5 Å². The van der Waals surface area contributed by atoms with Gasteiger partial charge in [0.15, 0.2) is 5.06 Å². The van der Waals surface area contributed by atoms with Crippen LogP contribution in [0.15, 0.2) is 17.5 Å². The van der Waals surface area contributed by atoms with E-state index in [1.54, 1.807) is 11.3 Å². The van der Waals surface area contributed by atoms with Gasteiger partial charge < -0.3 is 9.84 Å². The molecular weight excluding hydrogens is 470 g/mol. The average Bonchev–Trinajstić information content (AvgIpc) is 2.82. The maximum Gasteiger partial charge on any atom is 0.188 e. The summed E-state index contributed by atoms with van der Waals surface area (Å²) in [5.41, 5.74) is 0. The quantitative estimate of drug-likeness (QED) is 0.672. The second-order valence-corrected chi connectivity index (χ2v) is 7.41. The van der Waals surface area contributed by atoms with Gasteiger partial charge in [0.25, 0.3) is 0 Å². The zero-order valence-electron chi connectivity index (χ0n) is 8.07. The van der Waals surface area contributed by atoms with Crippen molar-refractivity contribution >= 4 is 67.9 Å². The Balaban J connectivity index is 2.04. The highest BCUT2D eigenvalue weighted by Gasteiger charge is 2.09. The highest BCUT2D eigenvalue weighted by atomic mass is 127. The Labute approximate surface area is 129 Å². The van der Waals surface area contributed by atoms with Crippen LogP contribution < -0.4 is 4.74 Å². The van der Waals surface area contributed by atoms with Crippen molar-refractivity contribution in [1.82, 2.24) is 0 Å². The molecule has 0 aliphatic carbocycles. The number of thiophene rings is 2. The van der Waals surface area contributed by atoms with E-state index in [-0.39, 0.29) is 6.61 Å². The molecule has 0 fully saturated rings. The first-order chi connectivity index (χ1) is 7.70. The first kappa shape index (κ1) is 13.1. The maximum atomic E-state index is 9.02. The van der Waals surface area contributed by atoms with Gasteiger partial charge in [0.05, 0.1) is 15.1 Å². The summed E-state index contributed by atoms with van der Waals surface area (Å²) in [6.07, 6.45) is 0. The molecular formula is C10H8I2O2S2. The van der Waals surface area contributed by atoms with Gasteiger partial charge in [0.2, 0.25) is 0 Å². The SMILES string of the molecule is OCc1cc(I)c(OCc2sccc2I)s1. The lowest BCUT2D eigenvalue weighted by atomic mass is 10.5. The molecule has 2 heterocycles. The molecule has 2 nitrogen and oxygen atoms in total. The summed E-state index contributed by atoms with van der Waals surface area (Å²) in [5, 5.41) is 12.0. The summed E-state index contributed by atoms with van der Waals surface area (Å²) >= 11 is 7.76. The van der Waals surface area contributed by atoms with Gasteiger partial charge in [-0.1, -0.05) is 0 Å². The molecule has 0 aliphatic rings. The van der Waals surface area contributed by atoms with Gasteiger partial charge in [-0.15, -0.1) is 22.7 Å². The van der Waals surface area contributed by atoms with E-state index in [4.69, 9.17) is 9.84 Å². The molecule has 2 aromatic heterocycles. The number of hydrogen-bond acceptors (Lipinski definition) is 4. The molecule has 2 aromatic rings. The van der Waals surface area contributed by atoms with Crippen molar-refractivity contribution in [2.45, 2.75) is 13.2 Å². The van der Waals surface area contributed by atoms with E-state index in [0.717, 1.165) is 13.5 Å². The summed E-state index contributed by atoms with van der Waals surface area (Å²) < 4.78 is 8.06. The molecule has 0 aromatic carbocycles. The molecule has 2 rings (SSSR count). The third kappa shape index (κ3) is 3.09. The standard InChI is InChI=1S/C10H8I2O2S2/c11-7-1-2-15-9(7)5-14-10-8(12)3-6(4-13)16-10/h1-3,13H,4-5H2. The molecule has 0 unspecified atom stereocenters. The van der Waals surface area contributed by atoms with Crippen molar-refractivity contribution in [1.29, 1.82) is 0 Å². The van der Waals surface area contributed by atoms with Gasteiger partial charge in [0.1, 0.15) is 6.61 Å². The normalized spacial score (nSPS) is 10.7. The second-order valence-electron chi connectivity index (χ2n) is 2.99. The highest BCUT2D eigenvalue weighted by molar-refractivity contribution is 14.1. The van der Waals surface area contributed by atoms with Crippen LogP contribution in [0.1, 0.15) is 9.75 Å². The van der Waals surface area contributed by atoms with Crippen LogP contribution in [0.4, 0.5) is 0 Å². The van der Waals surface area contributed by atoms with E-state index in [0.29, 0.717) is 6.61 Å². The molecule has 86 valence electrons. The third-order valence-corrected chi connectivity index (χ3v) is 6.36. The Morgan fingerprint density at radius 3 is 2.69 bits per heavy atom. The van der Waals surface area contributed by atoms with Crippen LogP contribution >= 0.6 is 67.9 Å². The Morgan fingerprint density at radius 2 is 2.12 bits per heavy atom. The first-order valence-corrected chi connectivity index (χ1v) is 8.30. The van der Waals surface area contributed by atoms with E-state index in [2.05, 4.69) is 56.6 Å². The van der Waals surface area contributed by atoms with Crippen LogP contribution in [0, 0.1) is 7.14 Å². The molecule has 0 saturated heterocycles. The molecule has 0 aliphatic heterocycles. The lowest BCUT2D eigenvalue weighted by molar-refractivity contribution is 0.285. The fraction of sp³-hybridized carbons (Fsp3) is 0.200. The minimum Gasteiger partial charge on any atom is -0.477 e. The third-order valence-electron chi connectivity index (χ3n) is 1.89. The summed E-state index contributed by atoms with van der Waals surface area (Å²) in [5.74, 6) is 0. The van der Waals surface area contributed by atoms with Crippen molar-refractivity contribution in [3.05, 3.63) is 34.4 Å². The highest BCUT2D eigenvalue weighted by Crippen LogP contribution is 2.33. The van der Waals surface area contributed by atoms with Gasteiger partial charge in [-0.25, -0.2) is 0 Å². The first-order valence-electron chi connectivity index (χ1n) is 4.44. The number of halogens is 2. The summed E-state index contributed by atoms with van der Waals surface area (Å²) in [6.45, 7) is 0.692. The lowest BCUT2D eigenvalue weighted by Gasteiger charge is -2.02. The maximum absolute atomic E-state index is 9.02. The van der Waals surface area contributed by atoms with Crippen molar-refractivity contribution in [2.75, 3.05) is 0 Å². The molecule has 0 saturated carbocycles. The number of aliphatic hydroxyl groups is 1. The predicted molar refractivity (Wildman–Crippen MR) is 84.3 cm³/mol.